The Morgan fingerprint density at radius 1 is 0.857 bits per heavy atom. The van der Waals surface area contributed by atoms with Crippen LogP contribution in [0.3, 0.4) is 0 Å². The monoisotopic (exact) mass is 365 g/mol. The zero-order valence-electron chi connectivity index (χ0n) is 15.8. The number of rotatable bonds is 3. The molecule has 4 nitrogen and oxygen atoms in total. The Kier molecular flexibility index (Phi) is 3.83. The fourth-order valence-corrected chi connectivity index (χ4v) is 3.64. The molecule has 0 atom stereocenters. The van der Waals surface area contributed by atoms with Crippen LogP contribution in [0.4, 0.5) is 0 Å². The van der Waals surface area contributed by atoms with Crippen LogP contribution in [0, 0.1) is 6.92 Å². The Labute approximate surface area is 163 Å². The standard InChI is InChI=1S/C24H19N3O/c1-16-3-9-21-20(11-12-25-23(21)13-16)22-14-26-27-15-18(6-10-24(22)27)17-4-7-19(28-2)8-5-17/h3-15H,1-2H3. The van der Waals surface area contributed by atoms with Gasteiger partial charge < -0.3 is 4.74 Å². The van der Waals surface area contributed by atoms with Gasteiger partial charge in [-0.2, -0.15) is 5.10 Å². The maximum absolute atomic E-state index is 5.25. The van der Waals surface area contributed by atoms with Gasteiger partial charge in [0.25, 0.3) is 0 Å². The molecule has 0 saturated heterocycles. The average molecular weight is 365 g/mol. The van der Waals surface area contributed by atoms with Crippen LogP contribution in [0.5, 0.6) is 5.75 Å². The van der Waals surface area contributed by atoms with Crippen molar-refractivity contribution in [2.45, 2.75) is 6.92 Å². The molecule has 0 fully saturated rings. The highest BCUT2D eigenvalue weighted by atomic mass is 16.5. The molecule has 0 aliphatic carbocycles. The predicted molar refractivity (Wildman–Crippen MR) is 113 cm³/mol. The zero-order chi connectivity index (χ0) is 19.1. The number of fused-ring (bicyclic) bond motifs is 2. The van der Waals surface area contributed by atoms with Crippen molar-refractivity contribution in [3.63, 3.8) is 0 Å². The number of methoxy groups -OCH3 is 1. The number of ether oxygens (including phenoxy) is 1. The lowest BCUT2D eigenvalue weighted by atomic mass is 10.0. The summed E-state index contributed by atoms with van der Waals surface area (Å²) < 4.78 is 7.19. The van der Waals surface area contributed by atoms with Crippen molar-refractivity contribution < 1.29 is 4.74 Å². The number of hydrogen-bond donors (Lipinski definition) is 0. The van der Waals surface area contributed by atoms with Crippen molar-refractivity contribution in [3.05, 3.63) is 84.8 Å². The van der Waals surface area contributed by atoms with Gasteiger partial charge in [0, 0.05) is 28.9 Å². The first kappa shape index (κ1) is 16.5. The second-order valence-electron chi connectivity index (χ2n) is 6.91. The predicted octanol–water partition coefficient (Wildman–Crippen LogP) is 5.53. The van der Waals surface area contributed by atoms with E-state index in [4.69, 9.17) is 4.74 Å². The first-order chi connectivity index (χ1) is 13.7. The highest BCUT2D eigenvalue weighted by Crippen LogP contribution is 2.32. The summed E-state index contributed by atoms with van der Waals surface area (Å²) in [5.41, 5.74) is 7.79. The van der Waals surface area contributed by atoms with Gasteiger partial charge in [0.1, 0.15) is 5.75 Å². The van der Waals surface area contributed by atoms with E-state index in [1.165, 1.54) is 5.56 Å². The molecule has 0 unspecified atom stereocenters. The summed E-state index contributed by atoms with van der Waals surface area (Å²) in [7, 11) is 1.68. The van der Waals surface area contributed by atoms with Crippen LogP contribution < -0.4 is 4.74 Å². The average Bonchev–Trinajstić information content (AvgIpc) is 3.16. The molecule has 5 rings (SSSR count). The van der Waals surface area contributed by atoms with Gasteiger partial charge in [0.15, 0.2) is 0 Å². The Bertz CT molecular complexity index is 1300. The molecule has 28 heavy (non-hydrogen) atoms. The highest BCUT2D eigenvalue weighted by molar-refractivity contribution is 5.98. The number of pyridine rings is 2. The topological polar surface area (TPSA) is 39.4 Å². The number of benzene rings is 2. The molecule has 0 aliphatic heterocycles. The van der Waals surface area contributed by atoms with Gasteiger partial charge in [-0.25, -0.2) is 4.52 Å². The van der Waals surface area contributed by atoms with Crippen molar-refractivity contribution in [1.29, 1.82) is 0 Å². The molecular weight excluding hydrogens is 346 g/mol. The third-order valence-electron chi connectivity index (χ3n) is 5.13. The Balaban J connectivity index is 1.63. The first-order valence-electron chi connectivity index (χ1n) is 9.20. The van der Waals surface area contributed by atoms with E-state index >= 15 is 0 Å². The van der Waals surface area contributed by atoms with E-state index in [2.05, 4.69) is 71.7 Å². The molecule has 3 heterocycles. The minimum absolute atomic E-state index is 0.853. The summed E-state index contributed by atoms with van der Waals surface area (Å²) in [4.78, 5) is 4.52. The third-order valence-corrected chi connectivity index (χ3v) is 5.13. The molecule has 0 amide bonds. The van der Waals surface area contributed by atoms with Crippen molar-refractivity contribution in [2.24, 2.45) is 0 Å². The van der Waals surface area contributed by atoms with Gasteiger partial charge in [-0.15, -0.1) is 0 Å². The van der Waals surface area contributed by atoms with E-state index in [1.807, 2.05) is 29.0 Å². The molecule has 4 heteroatoms. The maximum atomic E-state index is 5.25. The van der Waals surface area contributed by atoms with Crippen molar-refractivity contribution in [3.8, 4) is 28.0 Å². The van der Waals surface area contributed by atoms with E-state index in [1.54, 1.807) is 7.11 Å². The minimum atomic E-state index is 0.853. The van der Waals surface area contributed by atoms with E-state index < -0.39 is 0 Å². The van der Waals surface area contributed by atoms with Crippen LogP contribution in [-0.4, -0.2) is 21.7 Å². The fraction of sp³-hybridized carbons (Fsp3) is 0.0833. The molecule has 0 radical (unpaired) electrons. The van der Waals surface area contributed by atoms with Crippen LogP contribution in [0.2, 0.25) is 0 Å². The van der Waals surface area contributed by atoms with Gasteiger partial charge in [0.2, 0.25) is 0 Å². The summed E-state index contributed by atoms with van der Waals surface area (Å²) in [6.45, 7) is 2.09. The van der Waals surface area contributed by atoms with Gasteiger partial charge in [-0.05, 0) is 53.9 Å². The van der Waals surface area contributed by atoms with E-state index in [-0.39, 0.29) is 0 Å². The normalized spacial score (nSPS) is 11.2. The van der Waals surface area contributed by atoms with Crippen molar-refractivity contribution in [2.75, 3.05) is 7.11 Å². The zero-order valence-corrected chi connectivity index (χ0v) is 15.8. The molecular formula is C24H19N3O. The van der Waals surface area contributed by atoms with E-state index in [0.29, 0.717) is 0 Å². The summed E-state index contributed by atoms with van der Waals surface area (Å²) in [5.74, 6) is 0.853. The van der Waals surface area contributed by atoms with Gasteiger partial charge in [-0.3, -0.25) is 4.98 Å². The van der Waals surface area contributed by atoms with Gasteiger partial charge >= 0.3 is 0 Å². The number of nitrogens with zero attached hydrogens (tertiary/aromatic N) is 3. The molecule has 136 valence electrons. The number of aryl methyl sites for hydroxylation is 1. The molecule has 0 bridgehead atoms. The van der Waals surface area contributed by atoms with Crippen LogP contribution in [0.25, 0.3) is 38.7 Å². The third kappa shape index (κ3) is 2.70. The summed E-state index contributed by atoms with van der Waals surface area (Å²) in [6, 6.07) is 20.8. The van der Waals surface area contributed by atoms with Crippen LogP contribution >= 0.6 is 0 Å². The maximum Gasteiger partial charge on any atom is 0.118 e. The lowest BCUT2D eigenvalue weighted by molar-refractivity contribution is 0.415. The SMILES string of the molecule is COc1ccc(-c2ccc3c(-c4ccnc5cc(C)ccc45)cnn3c2)cc1. The van der Waals surface area contributed by atoms with E-state index in [9.17, 15) is 0 Å². The lowest BCUT2D eigenvalue weighted by Crippen LogP contribution is -1.89. The fourth-order valence-electron chi connectivity index (χ4n) is 3.64. The molecule has 3 aromatic heterocycles. The van der Waals surface area contributed by atoms with Gasteiger partial charge in [-0.1, -0.05) is 30.3 Å². The van der Waals surface area contributed by atoms with Crippen LogP contribution in [0.15, 0.2) is 79.3 Å². The molecule has 2 aromatic carbocycles. The van der Waals surface area contributed by atoms with Crippen molar-refractivity contribution >= 4 is 16.4 Å². The minimum Gasteiger partial charge on any atom is -0.497 e. The quantitative estimate of drug-likeness (QED) is 0.422. The second-order valence-corrected chi connectivity index (χ2v) is 6.91. The molecule has 5 aromatic rings. The van der Waals surface area contributed by atoms with Crippen LogP contribution in [-0.2, 0) is 0 Å². The number of hydrogen-bond acceptors (Lipinski definition) is 3. The van der Waals surface area contributed by atoms with Crippen molar-refractivity contribution in [1.82, 2.24) is 14.6 Å². The smallest absolute Gasteiger partial charge is 0.118 e. The lowest BCUT2D eigenvalue weighted by Gasteiger charge is -2.07. The summed E-state index contributed by atoms with van der Waals surface area (Å²) in [5, 5.41) is 5.75. The van der Waals surface area contributed by atoms with Gasteiger partial charge in [0.05, 0.1) is 24.3 Å². The molecule has 0 aliphatic rings. The van der Waals surface area contributed by atoms with Crippen LogP contribution in [0.1, 0.15) is 5.56 Å². The largest absolute Gasteiger partial charge is 0.497 e. The highest BCUT2D eigenvalue weighted by Gasteiger charge is 2.11. The Morgan fingerprint density at radius 3 is 2.50 bits per heavy atom. The number of aromatic nitrogens is 3. The second kappa shape index (κ2) is 6.50. The Hall–Kier alpha value is -3.66. The first-order valence-corrected chi connectivity index (χ1v) is 9.20. The van der Waals surface area contributed by atoms with E-state index in [0.717, 1.165) is 44.4 Å². The Morgan fingerprint density at radius 2 is 1.68 bits per heavy atom. The summed E-state index contributed by atoms with van der Waals surface area (Å²) >= 11 is 0. The molecule has 0 saturated carbocycles. The molecule has 0 N–H and O–H groups in total. The molecule has 0 spiro atoms. The summed E-state index contributed by atoms with van der Waals surface area (Å²) in [6.07, 6.45) is 5.86.